The number of aliphatic hydroxyl groups excluding tert-OH is 1. The molecule has 1 aromatic rings. The van der Waals surface area contributed by atoms with Gasteiger partial charge in [-0.15, -0.1) is 24.0 Å². The lowest BCUT2D eigenvalue weighted by Crippen LogP contribution is -2.46. The molecule has 3 rings (SSSR count). The molecule has 0 bridgehead atoms. The van der Waals surface area contributed by atoms with Crippen molar-refractivity contribution >= 4 is 35.6 Å². The molecule has 2 N–H and O–H groups in total. The quantitative estimate of drug-likeness (QED) is 0.249. The molecule has 29 heavy (non-hydrogen) atoms. The molecule has 0 saturated carbocycles. The maximum atomic E-state index is 9.75. The van der Waals surface area contributed by atoms with Gasteiger partial charge in [0.2, 0.25) is 0 Å². The lowest BCUT2D eigenvalue weighted by Gasteiger charge is -2.36. The number of nitrogens with zero attached hydrogens (tertiary/aromatic N) is 4. The number of hydrogen-bond donors (Lipinski definition) is 2. The van der Waals surface area contributed by atoms with Gasteiger partial charge in [0.15, 0.2) is 5.96 Å². The molecular weight excluding hydrogens is 481 g/mol. The minimum absolute atomic E-state index is 0. The Morgan fingerprint density at radius 2 is 1.90 bits per heavy atom. The number of β-amino-alcohol motifs (C(OH)–C–C–N with tert-alkyl or cyclic N) is 1. The minimum atomic E-state index is -0.217. The van der Waals surface area contributed by atoms with Crippen molar-refractivity contribution in [1.82, 2.24) is 15.1 Å². The first-order valence-electron chi connectivity index (χ1n) is 10.5. The fourth-order valence-corrected chi connectivity index (χ4v) is 3.86. The number of hydrogen-bond acceptors (Lipinski definition) is 5. The molecule has 2 heterocycles. The van der Waals surface area contributed by atoms with Gasteiger partial charge in [0.25, 0.3) is 0 Å². The van der Waals surface area contributed by atoms with Gasteiger partial charge in [-0.1, -0.05) is 0 Å². The zero-order valence-electron chi connectivity index (χ0n) is 17.7. The van der Waals surface area contributed by atoms with Gasteiger partial charge in [0.1, 0.15) is 5.75 Å². The number of anilines is 1. The maximum Gasteiger partial charge on any atom is 0.194 e. The van der Waals surface area contributed by atoms with E-state index >= 15 is 0 Å². The molecule has 1 aromatic carbocycles. The highest BCUT2D eigenvalue weighted by Gasteiger charge is 2.22. The summed E-state index contributed by atoms with van der Waals surface area (Å²) in [6.07, 6.45) is 1.68. The Morgan fingerprint density at radius 3 is 2.48 bits per heavy atom. The monoisotopic (exact) mass is 517 g/mol. The average molecular weight is 517 g/mol. The molecule has 2 fully saturated rings. The highest BCUT2D eigenvalue weighted by atomic mass is 127. The van der Waals surface area contributed by atoms with Crippen molar-refractivity contribution in [3.8, 4) is 5.75 Å². The normalized spacial score (nSPS) is 20.5. The molecule has 0 amide bonds. The molecule has 7 nitrogen and oxygen atoms in total. The first kappa shape index (κ1) is 24.0. The molecule has 0 unspecified atom stereocenters. The molecule has 0 aromatic heterocycles. The largest absolute Gasteiger partial charge is 0.497 e. The van der Waals surface area contributed by atoms with Crippen LogP contribution in [0.1, 0.15) is 19.8 Å². The summed E-state index contributed by atoms with van der Waals surface area (Å²) in [5, 5.41) is 13.1. The second kappa shape index (κ2) is 12.4. The number of halogens is 1. The van der Waals surface area contributed by atoms with Crippen LogP contribution in [0.4, 0.5) is 5.69 Å². The smallest absolute Gasteiger partial charge is 0.194 e. The van der Waals surface area contributed by atoms with Crippen LogP contribution in [-0.4, -0.2) is 93.0 Å². The maximum absolute atomic E-state index is 9.75. The molecule has 2 saturated heterocycles. The van der Waals surface area contributed by atoms with Crippen LogP contribution in [0.2, 0.25) is 0 Å². The molecule has 0 radical (unpaired) electrons. The highest BCUT2D eigenvalue weighted by Crippen LogP contribution is 2.20. The minimum Gasteiger partial charge on any atom is -0.497 e. The van der Waals surface area contributed by atoms with Crippen molar-refractivity contribution in [1.29, 1.82) is 0 Å². The Hall–Kier alpha value is -1.26. The lowest BCUT2D eigenvalue weighted by molar-refractivity contribution is 0.187. The fourth-order valence-electron chi connectivity index (χ4n) is 3.86. The first-order valence-corrected chi connectivity index (χ1v) is 10.5. The second-order valence-corrected chi connectivity index (χ2v) is 7.50. The molecule has 2 aliphatic rings. The summed E-state index contributed by atoms with van der Waals surface area (Å²) in [7, 11) is 1.70. The summed E-state index contributed by atoms with van der Waals surface area (Å²) in [6, 6.07) is 8.34. The van der Waals surface area contributed by atoms with Crippen molar-refractivity contribution in [2.75, 3.05) is 70.9 Å². The van der Waals surface area contributed by atoms with Crippen molar-refractivity contribution in [3.63, 3.8) is 0 Å². The molecule has 1 atom stereocenters. The van der Waals surface area contributed by atoms with Gasteiger partial charge in [-0.05, 0) is 44.0 Å². The number of aliphatic imine (C=N–C) groups is 1. The lowest BCUT2D eigenvalue weighted by atomic mass is 10.2. The van der Waals surface area contributed by atoms with Gasteiger partial charge in [0.05, 0.1) is 13.2 Å². The zero-order valence-corrected chi connectivity index (χ0v) is 20.0. The number of guanidine groups is 1. The van der Waals surface area contributed by atoms with E-state index in [0.717, 1.165) is 76.9 Å². The molecule has 164 valence electrons. The van der Waals surface area contributed by atoms with Crippen LogP contribution in [0.3, 0.4) is 0 Å². The van der Waals surface area contributed by atoms with Crippen LogP contribution in [0.25, 0.3) is 0 Å². The molecular formula is C21H36IN5O2. The number of rotatable bonds is 7. The fraction of sp³-hybridized carbons (Fsp3) is 0.667. The van der Waals surface area contributed by atoms with Crippen LogP contribution in [0.5, 0.6) is 5.75 Å². The van der Waals surface area contributed by atoms with Crippen LogP contribution in [0.15, 0.2) is 29.3 Å². The third-order valence-corrected chi connectivity index (χ3v) is 5.50. The third-order valence-electron chi connectivity index (χ3n) is 5.50. The van der Waals surface area contributed by atoms with E-state index in [9.17, 15) is 5.11 Å². The predicted octanol–water partition coefficient (Wildman–Crippen LogP) is 1.86. The van der Waals surface area contributed by atoms with E-state index < -0.39 is 0 Å². The van der Waals surface area contributed by atoms with E-state index in [-0.39, 0.29) is 30.1 Å². The summed E-state index contributed by atoms with van der Waals surface area (Å²) in [6.45, 7) is 10.7. The van der Waals surface area contributed by atoms with Gasteiger partial charge < -0.3 is 25.0 Å². The van der Waals surface area contributed by atoms with Crippen molar-refractivity contribution < 1.29 is 9.84 Å². The van der Waals surface area contributed by atoms with E-state index in [1.54, 1.807) is 7.11 Å². The summed E-state index contributed by atoms with van der Waals surface area (Å²) >= 11 is 0. The molecule has 0 spiro atoms. The Bertz CT molecular complexity index is 620. The molecule has 8 heteroatoms. The van der Waals surface area contributed by atoms with Crippen LogP contribution >= 0.6 is 24.0 Å². The van der Waals surface area contributed by atoms with Gasteiger partial charge in [-0.3, -0.25) is 9.89 Å². The van der Waals surface area contributed by atoms with E-state index in [4.69, 9.17) is 9.73 Å². The Labute approximate surface area is 192 Å². The zero-order chi connectivity index (χ0) is 19.8. The van der Waals surface area contributed by atoms with Crippen LogP contribution < -0.4 is 15.0 Å². The standard InChI is InChI=1S/C21H35N5O2.HI/c1-3-22-21(26-12-9-19(27)17-26)23-10-4-11-24-13-15-25(16-14-24)18-5-7-20(28-2)8-6-18;/h5-8,19,27H,3-4,9-17H2,1-2H3,(H,22,23);1H/t19-;/m1./s1. The number of piperazine rings is 1. The molecule has 0 aliphatic carbocycles. The summed E-state index contributed by atoms with van der Waals surface area (Å²) in [5.74, 6) is 1.85. The third kappa shape index (κ3) is 7.18. The Morgan fingerprint density at radius 1 is 1.17 bits per heavy atom. The van der Waals surface area contributed by atoms with Gasteiger partial charge in [-0.25, -0.2) is 0 Å². The Kier molecular flexibility index (Phi) is 10.3. The van der Waals surface area contributed by atoms with Crippen molar-refractivity contribution in [2.45, 2.75) is 25.9 Å². The molecule has 2 aliphatic heterocycles. The number of aliphatic hydroxyl groups is 1. The number of ether oxygens (including phenoxy) is 1. The Balaban J connectivity index is 0.00000300. The number of methoxy groups -OCH3 is 1. The van der Waals surface area contributed by atoms with E-state index in [1.807, 2.05) is 12.1 Å². The van der Waals surface area contributed by atoms with Gasteiger partial charge in [0, 0.05) is 64.6 Å². The van der Waals surface area contributed by atoms with E-state index in [0.29, 0.717) is 6.54 Å². The van der Waals surface area contributed by atoms with E-state index in [1.165, 1.54) is 5.69 Å². The summed E-state index contributed by atoms with van der Waals surface area (Å²) in [4.78, 5) is 11.9. The second-order valence-electron chi connectivity index (χ2n) is 7.50. The van der Waals surface area contributed by atoms with Crippen molar-refractivity contribution in [2.24, 2.45) is 4.99 Å². The summed E-state index contributed by atoms with van der Waals surface area (Å²) in [5.41, 5.74) is 1.27. The predicted molar refractivity (Wildman–Crippen MR) is 130 cm³/mol. The first-order chi connectivity index (χ1) is 13.7. The van der Waals surface area contributed by atoms with E-state index in [2.05, 4.69) is 39.1 Å². The van der Waals surface area contributed by atoms with Crippen LogP contribution in [-0.2, 0) is 0 Å². The SMILES string of the molecule is CCNC(=NCCCN1CCN(c2ccc(OC)cc2)CC1)N1CC[C@@H](O)C1.I. The number of likely N-dealkylation sites (tertiary alicyclic amines) is 1. The number of nitrogens with one attached hydrogen (secondary N) is 1. The van der Waals surface area contributed by atoms with Crippen LogP contribution in [0, 0.1) is 0 Å². The summed E-state index contributed by atoms with van der Waals surface area (Å²) < 4.78 is 5.24. The van der Waals surface area contributed by atoms with Gasteiger partial charge >= 0.3 is 0 Å². The number of benzene rings is 1. The van der Waals surface area contributed by atoms with Gasteiger partial charge in [-0.2, -0.15) is 0 Å². The topological polar surface area (TPSA) is 63.6 Å². The van der Waals surface area contributed by atoms with Crippen molar-refractivity contribution in [3.05, 3.63) is 24.3 Å². The highest BCUT2D eigenvalue weighted by molar-refractivity contribution is 14.0. The average Bonchev–Trinajstić information content (AvgIpc) is 3.17.